The third-order valence-electron chi connectivity index (χ3n) is 3.38. The van der Waals surface area contributed by atoms with Gasteiger partial charge in [0.1, 0.15) is 0 Å². The quantitative estimate of drug-likeness (QED) is 0.777. The lowest BCUT2D eigenvalue weighted by molar-refractivity contribution is 0.298. The van der Waals surface area contributed by atoms with Crippen molar-refractivity contribution >= 4 is 5.82 Å². The number of anilines is 1. The maximum Gasteiger partial charge on any atom is 0.156 e. The molecule has 0 fully saturated rings. The summed E-state index contributed by atoms with van der Waals surface area (Å²) in [5, 5.41) is 17.9. The summed E-state index contributed by atoms with van der Waals surface area (Å²) >= 11 is 0. The van der Waals surface area contributed by atoms with Crippen molar-refractivity contribution < 1.29 is 5.11 Å². The molecule has 0 aliphatic carbocycles. The van der Waals surface area contributed by atoms with E-state index in [0.717, 1.165) is 29.9 Å². The monoisotopic (exact) mass is 266 g/mol. The summed E-state index contributed by atoms with van der Waals surface area (Å²) in [5.41, 5.74) is 9.23. The number of aryl methyl sites for hydroxylation is 1. The lowest BCUT2D eigenvalue weighted by Crippen LogP contribution is -2.36. The van der Waals surface area contributed by atoms with Crippen molar-refractivity contribution in [2.75, 3.05) is 18.1 Å². The first-order valence-electron chi connectivity index (χ1n) is 7.05. The number of aliphatic hydroxyl groups excluding tert-OH is 1. The van der Waals surface area contributed by atoms with E-state index in [0.29, 0.717) is 13.1 Å². The SMILES string of the molecule is CCc1nnc(N(CCO)C(C)C)c(CN)c1CC. The summed E-state index contributed by atoms with van der Waals surface area (Å²) in [6.45, 7) is 9.46. The minimum atomic E-state index is 0.0981. The van der Waals surface area contributed by atoms with Crippen molar-refractivity contribution in [2.45, 2.75) is 53.1 Å². The summed E-state index contributed by atoms with van der Waals surface area (Å²) in [4.78, 5) is 2.06. The van der Waals surface area contributed by atoms with Crippen LogP contribution < -0.4 is 10.6 Å². The van der Waals surface area contributed by atoms with Crippen LogP contribution >= 0.6 is 0 Å². The van der Waals surface area contributed by atoms with Crippen LogP contribution in [0.2, 0.25) is 0 Å². The first-order chi connectivity index (χ1) is 9.10. The molecule has 0 saturated carbocycles. The molecule has 0 saturated heterocycles. The number of nitrogens with two attached hydrogens (primary N) is 1. The molecule has 0 aromatic carbocycles. The molecule has 0 bridgehead atoms. The van der Waals surface area contributed by atoms with Gasteiger partial charge in [0.15, 0.2) is 5.82 Å². The lowest BCUT2D eigenvalue weighted by atomic mass is 10.0. The van der Waals surface area contributed by atoms with Crippen LogP contribution in [0, 0.1) is 0 Å². The molecule has 1 heterocycles. The maximum absolute atomic E-state index is 9.22. The van der Waals surface area contributed by atoms with Crippen molar-refractivity contribution in [3.63, 3.8) is 0 Å². The zero-order chi connectivity index (χ0) is 14.4. The van der Waals surface area contributed by atoms with E-state index >= 15 is 0 Å². The molecule has 0 aliphatic rings. The highest BCUT2D eigenvalue weighted by Crippen LogP contribution is 2.24. The van der Waals surface area contributed by atoms with Crippen LogP contribution in [0.3, 0.4) is 0 Å². The molecule has 0 atom stereocenters. The van der Waals surface area contributed by atoms with Crippen molar-refractivity contribution in [3.8, 4) is 0 Å². The highest BCUT2D eigenvalue weighted by molar-refractivity contribution is 5.52. The van der Waals surface area contributed by atoms with Gasteiger partial charge in [-0.2, -0.15) is 5.10 Å². The van der Waals surface area contributed by atoms with E-state index in [9.17, 15) is 5.11 Å². The Morgan fingerprint density at radius 3 is 2.26 bits per heavy atom. The summed E-state index contributed by atoms with van der Waals surface area (Å²) in [5.74, 6) is 0.820. The summed E-state index contributed by atoms with van der Waals surface area (Å²) < 4.78 is 0. The van der Waals surface area contributed by atoms with Crippen LogP contribution in [0.25, 0.3) is 0 Å². The molecule has 1 aromatic heterocycles. The largest absolute Gasteiger partial charge is 0.395 e. The van der Waals surface area contributed by atoms with Gasteiger partial charge in [0.05, 0.1) is 12.3 Å². The predicted octanol–water partition coefficient (Wildman–Crippen LogP) is 1.27. The van der Waals surface area contributed by atoms with Gasteiger partial charge >= 0.3 is 0 Å². The molecule has 108 valence electrons. The van der Waals surface area contributed by atoms with E-state index in [1.165, 1.54) is 5.56 Å². The minimum Gasteiger partial charge on any atom is -0.395 e. The van der Waals surface area contributed by atoms with E-state index in [1.54, 1.807) is 0 Å². The molecule has 0 aliphatic heterocycles. The highest BCUT2D eigenvalue weighted by Gasteiger charge is 2.19. The fraction of sp³-hybridized carbons (Fsp3) is 0.714. The molecular weight excluding hydrogens is 240 g/mol. The standard InChI is InChI=1S/C14H26N4O/c1-5-11-12(9-15)14(17-16-13(11)6-2)18(7-8-19)10(3)4/h10,19H,5-9,15H2,1-4H3. The van der Waals surface area contributed by atoms with E-state index in [2.05, 4.69) is 42.8 Å². The predicted molar refractivity (Wildman–Crippen MR) is 78.2 cm³/mol. The average molecular weight is 266 g/mol. The van der Waals surface area contributed by atoms with Gasteiger partial charge in [0.25, 0.3) is 0 Å². The highest BCUT2D eigenvalue weighted by atomic mass is 16.3. The molecule has 0 spiro atoms. The Hall–Kier alpha value is -1.20. The van der Waals surface area contributed by atoms with Crippen LogP contribution in [-0.4, -0.2) is 34.5 Å². The van der Waals surface area contributed by atoms with E-state index in [-0.39, 0.29) is 12.6 Å². The van der Waals surface area contributed by atoms with E-state index < -0.39 is 0 Å². The van der Waals surface area contributed by atoms with Gasteiger partial charge in [-0.15, -0.1) is 5.10 Å². The number of hydrogen-bond acceptors (Lipinski definition) is 5. The Morgan fingerprint density at radius 2 is 1.84 bits per heavy atom. The van der Waals surface area contributed by atoms with Gasteiger partial charge in [-0.25, -0.2) is 0 Å². The Morgan fingerprint density at radius 1 is 1.16 bits per heavy atom. The number of hydrogen-bond donors (Lipinski definition) is 2. The first kappa shape index (κ1) is 15.9. The van der Waals surface area contributed by atoms with Crippen LogP contribution in [0.5, 0.6) is 0 Å². The van der Waals surface area contributed by atoms with Crippen molar-refractivity contribution in [1.29, 1.82) is 0 Å². The summed E-state index contributed by atoms with van der Waals surface area (Å²) in [6.07, 6.45) is 1.77. The number of nitrogens with zero attached hydrogens (tertiary/aromatic N) is 3. The normalized spacial score (nSPS) is 11.1. The van der Waals surface area contributed by atoms with Crippen molar-refractivity contribution in [1.82, 2.24) is 10.2 Å². The van der Waals surface area contributed by atoms with Gasteiger partial charge in [-0.05, 0) is 32.3 Å². The Bertz CT molecular complexity index is 407. The molecule has 1 aromatic rings. The Labute approximate surface area is 115 Å². The van der Waals surface area contributed by atoms with E-state index in [4.69, 9.17) is 5.73 Å². The third kappa shape index (κ3) is 3.42. The Kier molecular flexibility index (Phi) is 6.18. The second-order valence-corrected chi connectivity index (χ2v) is 4.85. The fourth-order valence-corrected chi connectivity index (χ4v) is 2.40. The molecular formula is C14H26N4O. The number of aromatic nitrogens is 2. The second-order valence-electron chi connectivity index (χ2n) is 4.85. The number of rotatable bonds is 7. The van der Waals surface area contributed by atoms with Gasteiger partial charge in [0, 0.05) is 24.7 Å². The Balaban J connectivity index is 3.33. The topological polar surface area (TPSA) is 75.3 Å². The van der Waals surface area contributed by atoms with Gasteiger partial charge in [-0.1, -0.05) is 13.8 Å². The molecule has 5 heteroatoms. The molecule has 0 amide bonds. The smallest absolute Gasteiger partial charge is 0.156 e. The minimum absolute atomic E-state index is 0.0981. The third-order valence-corrected chi connectivity index (χ3v) is 3.38. The summed E-state index contributed by atoms with van der Waals surface area (Å²) in [6, 6.07) is 0.254. The second kappa shape index (κ2) is 7.40. The molecule has 3 N–H and O–H groups in total. The first-order valence-corrected chi connectivity index (χ1v) is 7.05. The molecule has 0 radical (unpaired) electrons. The zero-order valence-corrected chi connectivity index (χ0v) is 12.5. The molecule has 5 nitrogen and oxygen atoms in total. The van der Waals surface area contributed by atoms with E-state index in [1.807, 2.05) is 0 Å². The van der Waals surface area contributed by atoms with Crippen molar-refractivity contribution in [2.24, 2.45) is 5.73 Å². The van der Waals surface area contributed by atoms with Crippen molar-refractivity contribution in [3.05, 3.63) is 16.8 Å². The van der Waals surface area contributed by atoms with Crippen LogP contribution in [-0.2, 0) is 19.4 Å². The fourth-order valence-electron chi connectivity index (χ4n) is 2.40. The maximum atomic E-state index is 9.22. The average Bonchev–Trinajstić information content (AvgIpc) is 2.42. The van der Waals surface area contributed by atoms with Gasteiger partial charge < -0.3 is 15.7 Å². The zero-order valence-electron chi connectivity index (χ0n) is 12.5. The molecule has 0 unspecified atom stereocenters. The van der Waals surface area contributed by atoms with Crippen LogP contribution in [0.1, 0.15) is 44.5 Å². The lowest BCUT2D eigenvalue weighted by Gasteiger charge is -2.29. The number of aliphatic hydroxyl groups is 1. The van der Waals surface area contributed by atoms with Crippen LogP contribution in [0.15, 0.2) is 0 Å². The van der Waals surface area contributed by atoms with Gasteiger partial charge in [-0.3, -0.25) is 0 Å². The molecule has 1 rings (SSSR count). The van der Waals surface area contributed by atoms with Gasteiger partial charge in [0.2, 0.25) is 0 Å². The molecule has 19 heavy (non-hydrogen) atoms. The summed E-state index contributed by atoms with van der Waals surface area (Å²) in [7, 11) is 0. The van der Waals surface area contributed by atoms with Crippen LogP contribution in [0.4, 0.5) is 5.82 Å².